The quantitative estimate of drug-likeness (QED) is 0.838. The van der Waals surface area contributed by atoms with Gasteiger partial charge >= 0.3 is 11.7 Å². The molecule has 2 rings (SSSR count). The number of H-pyrrole nitrogens is 1. The van der Waals surface area contributed by atoms with Crippen molar-refractivity contribution < 1.29 is 9.90 Å². The van der Waals surface area contributed by atoms with Crippen molar-refractivity contribution in [1.29, 1.82) is 0 Å². The summed E-state index contributed by atoms with van der Waals surface area (Å²) in [5, 5.41) is 8.87. The fourth-order valence-electron chi connectivity index (χ4n) is 1.59. The van der Waals surface area contributed by atoms with Crippen molar-refractivity contribution in [3.63, 3.8) is 0 Å². The molecule has 0 aliphatic heterocycles. The Morgan fingerprint density at radius 2 is 2.00 bits per heavy atom. The molecular formula is C12H12N2O3. The standard InChI is InChI=1S/C12H12N2O3/c1-8(11(15)16)9-2-4-10(5-3-9)14-7-6-13-12(14)17/h2-8H,1H3,(H,13,17)(H,15,16). The third-order valence-corrected chi connectivity index (χ3v) is 2.69. The van der Waals surface area contributed by atoms with Crippen molar-refractivity contribution in [2.24, 2.45) is 0 Å². The van der Waals surface area contributed by atoms with Crippen molar-refractivity contribution in [2.75, 3.05) is 0 Å². The molecule has 1 aromatic carbocycles. The number of hydrogen-bond acceptors (Lipinski definition) is 2. The molecule has 0 aliphatic carbocycles. The second kappa shape index (κ2) is 4.29. The minimum atomic E-state index is -0.864. The van der Waals surface area contributed by atoms with Crippen molar-refractivity contribution in [3.05, 3.63) is 52.7 Å². The second-order valence-electron chi connectivity index (χ2n) is 3.79. The number of carboxylic acids is 1. The van der Waals surface area contributed by atoms with Crippen LogP contribution in [0.5, 0.6) is 0 Å². The summed E-state index contributed by atoms with van der Waals surface area (Å²) in [5.41, 5.74) is 1.20. The Hall–Kier alpha value is -2.30. The van der Waals surface area contributed by atoms with Crippen LogP contribution in [0.1, 0.15) is 18.4 Å². The monoisotopic (exact) mass is 232 g/mol. The predicted octanol–water partition coefficient (Wildman–Crippen LogP) is 1.35. The third-order valence-electron chi connectivity index (χ3n) is 2.69. The van der Waals surface area contributed by atoms with E-state index in [1.807, 2.05) is 0 Å². The summed E-state index contributed by atoms with van der Waals surface area (Å²) < 4.78 is 1.45. The number of carbonyl (C=O) groups is 1. The second-order valence-corrected chi connectivity index (χ2v) is 3.79. The average Bonchev–Trinajstić information content (AvgIpc) is 2.74. The molecule has 1 unspecified atom stereocenters. The van der Waals surface area contributed by atoms with Gasteiger partial charge in [0.15, 0.2) is 0 Å². The Balaban J connectivity index is 2.34. The zero-order valence-electron chi connectivity index (χ0n) is 9.25. The van der Waals surface area contributed by atoms with E-state index < -0.39 is 11.9 Å². The first kappa shape index (κ1) is 11.2. The molecule has 0 saturated heterocycles. The van der Waals surface area contributed by atoms with Gasteiger partial charge in [-0.1, -0.05) is 12.1 Å². The molecular weight excluding hydrogens is 220 g/mol. The van der Waals surface area contributed by atoms with Crippen molar-refractivity contribution in [2.45, 2.75) is 12.8 Å². The largest absolute Gasteiger partial charge is 0.481 e. The first-order chi connectivity index (χ1) is 8.09. The number of hydrogen-bond donors (Lipinski definition) is 2. The lowest BCUT2D eigenvalue weighted by Crippen LogP contribution is -2.14. The van der Waals surface area contributed by atoms with Crippen LogP contribution in [0.15, 0.2) is 41.5 Å². The van der Waals surface area contributed by atoms with Gasteiger partial charge in [-0.05, 0) is 24.6 Å². The van der Waals surface area contributed by atoms with E-state index >= 15 is 0 Å². The van der Waals surface area contributed by atoms with E-state index in [0.29, 0.717) is 11.3 Å². The van der Waals surface area contributed by atoms with E-state index in [1.54, 1.807) is 43.6 Å². The zero-order valence-corrected chi connectivity index (χ0v) is 9.25. The van der Waals surface area contributed by atoms with Gasteiger partial charge in [-0.15, -0.1) is 0 Å². The van der Waals surface area contributed by atoms with E-state index in [-0.39, 0.29) is 5.69 Å². The van der Waals surface area contributed by atoms with Crippen LogP contribution in [-0.4, -0.2) is 20.6 Å². The molecule has 0 spiro atoms. The maximum Gasteiger partial charge on any atom is 0.330 e. The predicted molar refractivity (Wildman–Crippen MR) is 62.4 cm³/mol. The van der Waals surface area contributed by atoms with Gasteiger partial charge in [0.1, 0.15) is 0 Å². The van der Waals surface area contributed by atoms with E-state index in [1.165, 1.54) is 4.57 Å². The Bertz CT molecular complexity index is 580. The van der Waals surface area contributed by atoms with Gasteiger partial charge < -0.3 is 10.1 Å². The lowest BCUT2D eigenvalue weighted by atomic mass is 10.0. The summed E-state index contributed by atoms with van der Waals surface area (Å²) in [7, 11) is 0. The number of rotatable bonds is 3. The highest BCUT2D eigenvalue weighted by molar-refractivity contribution is 5.75. The first-order valence-corrected chi connectivity index (χ1v) is 5.19. The molecule has 0 radical (unpaired) electrons. The summed E-state index contributed by atoms with van der Waals surface area (Å²) in [4.78, 5) is 24.7. The number of benzene rings is 1. The van der Waals surface area contributed by atoms with Gasteiger partial charge in [0.25, 0.3) is 0 Å². The SMILES string of the molecule is CC(C(=O)O)c1ccc(-n2cc[nH]c2=O)cc1. The van der Waals surface area contributed by atoms with Gasteiger partial charge in [-0.25, -0.2) is 4.79 Å². The van der Waals surface area contributed by atoms with Crippen molar-refractivity contribution >= 4 is 5.97 Å². The summed E-state index contributed by atoms with van der Waals surface area (Å²) >= 11 is 0. The van der Waals surface area contributed by atoms with Crippen LogP contribution in [-0.2, 0) is 4.79 Å². The molecule has 0 saturated carbocycles. The van der Waals surface area contributed by atoms with Crippen LogP contribution >= 0.6 is 0 Å². The molecule has 5 heteroatoms. The summed E-state index contributed by atoms with van der Waals surface area (Å²) in [5.74, 6) is -1.41. The summed E-state index contributed by atoms with van der Waals surface area (Å²) in [6, 6.07) is 6.88. The zero-order chi connectivity index (χ0) is 12.4. The van der Waals surface area contributed by atoms with Crippen molar-refractivity contribution in [3.8, 4) is 5.69 Å². The molecule has 1 aromatic heterocycles. The van der Waals surface area contributed by atoms with Gasteiger partial charge in [-0.3, -0.25) is 9.36 Å². The van der Waals surface area contributed by atoms with Gasteiger partial charge in [0, 0.05) is 12.4 Å². The van der Waals surface area contributed by atoms with Crippen LogP contribution in [0, 0.1) is 0 Å². The normalized spacial score (nSPS) is 12.3. The molecule has 17 heavy (non-hydrogen) atoms. The molecule has 5 nitrogen and oxygen atoms in total. The Morgan fingerprint density at radius 3 is 2.47 bits per heavy atom. The summed E-state index contributed by atoms with van der Waals surface area (Å²) in [6.07, 6.45) is 3.17. The molecule has 0 aliphatic rings. The topological polar surface area (TPSA) is 75.1 Å². The number of aromatic amines is 1. The lowest BCUT2D eigenvalue weighted by molar-refractivity contribution is -0.138. The lowest BCUT2D eigenvalue weighted by Gasteiger charge is -2.07. The highest BCUT2D eigenvalue weighted by atomic mass is 16.4. The van der Waals surface area contributed by atoms with Crippen LogP contribution < -0.4 is 5.69 Å². The maximum atomic E-state index is 11.4. The molecule has 1 atom stereocenters. The van der Waals surface area contributed by atoms with E-state index in [0.717, 1.165) is 0 Å². The highest BCUT2D eigenvalue weighted by Crippen LogP contribution is 2.17. The number of aromatic nitrogens is 2. The molecule has 1 heterocycles. The van der Waals surface area contributed by atoms with E-state index in [9.17, 15) is 9.59 Å². The van der Waals surface area contributed by atoms with Gasteiger partial charge in [0.05, 0.1) is 11.6 Å². The van der Waals surface area contributed by atoms with Gasteiger partial charge in [-0.2, -0.15) is 0 Å². The molecule has 2 aromatic rings. The molecule has 0 amide bonds. The number of aliphatic carboxylic acids is 1. The van der Waals surface area contributed by atoms with E-state index in [2.05, 4.69) is 4.98 Å². The number of nitrogens with zero attached hydrogens (tertiary/aromatic N) is 1. The fourth-order valence-corrected chi connectivity index (χ4v) is 1.59. The molecule has 88 valence electrons. The minimum Gasteiger partial charge on any atom is -0.481 e. The van der Waals surface area contributed by atoms with Crippen LogP contribution in [0.3, 0.4) is 0 Å². The highest BCUT2D eigenvalue weighted by Gasteiger charge is 2.13. The van der Waals surface area contributed by atoms with Gasteiger partial charge in [0.2, 0.25) is 0 Å². The first-order valence-electron chi connectivity index (χ1n) is 5.19. The van der Waals surface area contributed by atoms with Crippen molar-refractivity contribution in [1.82, 2.24) is 9.55 Å². The van der Waals surface area contributed by atoms with Crippen LogP contribution in [0.25, 0.3) is 5.69 Å². The smallest absolute Gasteiger partial charge is 0.330 e. The Labute approximate surface area is 97.3 Å². The molecule has 0 bridgehead atoms. The number of nitrogens with one attached hydrogen (secondary N) is 1. The Kier molecular flexibility index (Phi) is 2.82. The third kappa shape index (κ3) is 2.13. The van der Waals surface area contributed by atoms with Crippen LogP contribution in [0.2, 0.25) is 0 Å². The molecule has 0 fully saturated rings. The number of carboxylic acid groups (broad SMARTS) is 1. The minimum absolute atomic E-state index is 0.218. The molecule has 2 N–H and O–H groups in total. The summed E-state index contributed by atoms with van der Waals surface area (Å²) in [6.45, 7) is 1.62. The van der Waals surface area contributed by atoms with E-state index in [4.69, 9.17) is 5.11 Å². The maximum absolute atomic E-state index is 11.4. The number of imidazole rings is 1. The fraction of sp³-hybridized carbons (Fsp3) is 0.167. The average molecular weight is 232 g/mol. The van der Waals surface area contributed by atoms with Crippen LogP contribution in [0.4, 0.5) is 0 Å². The Morgan fingerprint density at radius 1 is 1.35 bits per heavy atom.